The molecule has 0 saturated heterocycles. The average Bonchev–Trinajstić information content (AvgIpc) is 3.02. The zero-order chi connectivity index (χ0) is 31.7. The van der Waals surface area contributed by atoms with E-state index in [2.05, 4.69) is 5.32 Å². The van der Waals surface area contributed by atoms with Crippen molar-refractivity contribution >= 4 is 27.5 Å². The van der Waals surface area contributed by atoms with Gasteiger partial charge in [-0.2, -0.15) is 0 Å². The normalized spacial score (nSPS) is 12.0. The van der Waals surface area contributed by atoms with Crippen LogP contribution < -0.4 is 9.62 Å². The van der Waals surface area contributed by atoms with Gasteiger partial charge in [-0.25, -0.2) is 12.8 Å². The number of hydrogen-bond acceptors (Lipinski definition) is 4. The number of nitrogens with one attached hydrogen (secondary N) is 1. The number of benzene rings is 4. The Hall–Kier alpha value is -4.50. The van der Waals surface area contributed by atoms with E-state index < -0.39 is 34.3 Å². The van der Waals surface area contributed by atoms with Gasteiger partial charge in [0.25, 0.3) is 10.0 Å². The number of anilines is 1. The fourth-order valence-corrected chi connectivity index (χ4v) is 6.24. The van der Waals surface area contributed by atoms with Gasteiger partial charge in [0.1, 0.15) is 18.4 Å². The molecule has 0 saturated carbocycles. The van der Waals surface area contributed by atoms with Crippen LogP contribution >= 0.6 is 0 Å². The summed E-state index contributed by atoms with van der Waals surface area (Å²) in [6.07, 6.45) is 0.227. The summed E-state index contributed by atoms with van der Waals surface area (Å²) in [6, 6.07) is 28.8. The Balaban J connectivity index is 1.79. The minimum absolute atomic E-state index is 0.0157. The summed E-state index contributed by atoms with van der Waals surface area (Å²) >= 11 is 0. The maximum atomic E-state index is 14.4. The third kappa shape index (κ3) is 8.32. The van der Waals surface area contributed by atoms with Crippen LogP contribution in [0.3, 0.4) is 0 Å². The van der Waals surface area contributed by atoms with Crippen LogP contribution in [0.5, 0.6) is 0 Å². The highest BCUT2D eigenvalue weighted by molar-refractivity contribution is 7.92. The van der Waals surface area contributed by atoms with Crippen LogP contribution in [0.15, 0.2) is 114 Å². The van der Waals surface area contributed by atoms with Gasteiger partial charge < -0.3 is 10.2 Å². The molecule has 7 nitrogen and oxygen atoms in total. The van der Waals surface area contributed by atoms with Crippen molar-refractivity contribution in [2.75, 3.05) is 17.4 Å². The predicted octanol–water partition coefficient (Wildman–Crippen LogP) is 5.74. The topological polar surface area (TPSA) is 86.8 Å². The van der Waals surface area contributed by atoms with E-state index in [4.69, 9.17) is 0 Å². The minimum Gasteiger partial charge on any atom is -0.354 e. The molecule has 2 amide bonds. The van der Waals surface area contributed by atoms with Crippen molar-refractivity contribution in [3.63, 3.8) is 0 Å². The fraction of sp³-hybridized carbons (Fsp3) is 0.257. The summed E-state index contributed by atoms with van der Waals surface area (Å²) in [5.74, 6) is -1.26. The molecule has 230 valence electrons. The number of halogens is 1. The van der Waals surface area contributed by atoms with E-state index in [9.17, 15) is 22.4 Å². The van der Waals surface area contributed by atoms with Gasteiger partial charge in [0.05, 0.1) is 10.6 Å². The molecule has 4 aromatic carbocycles. The molecular weight excluding hydrogens is 577 g/mol. The Labute approximate surface area is 259 Å². The van der Waals surface area contributed by atoms with Crippen LogP contribution in [0.4, 0.5) is 10.1 Å². The van der Waals surface area contributed by atoms with Crippen molar-refractivity contribution < 1.29 is 22.4 Å². The molecule has 0 heterocycles. The van der Waals surface area contributed by atoms with Crippen molar-refractivity contribution in [1.82, 2.24) is 10.2 Å². The summed E-state index contributed by atoms with van der Waals surface area (Å²) in [6.45, 7) is 5.79. The van der Waals surface area contributed by atoms with Crippen LogP contribution in [0.1, 0.15) is 30.5 Å². The first-order chi connectivity index (χ1) is 21.1. The standard InChI is InChI=1S/C35H38FN3O4S/c1-26(2)23-37-35(41)33(22-28-13-6-4-7-14-28)38(24-29-15-11-10-12-27(29)3)34(40)25-39(31-20-18-30(36)19-21-31)44(42,43)32-16-8-5-9-17-32/h4-21,26,33H,22-25H2,1-3H3,(H,37,41). The molecule has 0 aliphatic rings. The lowest BCUT2D eigenvalue weighted by Crippen LogP contribution is -2.53. The molecule has 0 fully saturated rings. The number of rotatable bonds is 13. The van der Waals surface area contributed by atoms with Crippen molar-refractivity contribution in [2.24, 2.45) is 5.92 Å². The molecule has 0 bridgehead atoms. The Morgan fingerprint density at radius 2 is 1.41 bits per heavy atom. The second-order valence-corrected chi connectivity index (χ2v) is 13.0. The number of sulfonamides is 1. The van der Waals surface area contributed by atoms with Crippen LogP contribution in [0.25, 0.3) is 0 Å². The summed E-state index contributed by atoms with van der Waals surface area (Å²) in [5, 5.41) is 2.98. The van der Waals surface area contributed by atoms with Gasteiger partial charge in [-0.3, -0.25) is 13.9 Å². The van der Waals surface area contributed by atoms with E-state index in [1.165, 1.54) is 29.2 Å². The van der Waals surface area contributed by atoms with Gasteiger partial charge in [0, 0.05) is 19.5 Å². The number of hydrogen-bond donors (Lipinski definition) is 1. The van der Waals surface area contributed by atoms with E-state index in [1.54, 1.807) is 18.2 Å². The molecule has 0 aliphatic heterocycles. The smallest absolute Gasteiger partial charge is 0.264 e. The maximum absolute atomic E-state index is 14.4. The molecule has 4 aromatic rings. The van der Waals surface area contributed by atoms with Gasteiger partial charge in [0.15, 0.2) is 0 Å². The number of aryl methyl sites for hydroxylation is 1. The summed E-state index contributed by atoms with van der Waals surface area (Å²) in [5.41, 5.74) is 2.74. The summed E-state index contributed by atoms with van der Waals surface area (Å²) in [7, 11) is -4.24. The van der Waals surface area contributed by atoms with Crippen LogP contribution in [0, 0.1) is 18.7 Å². The lowest BCUT2D eigenvalue weighted by atomic mass is 10.0. The maximum Gasteiger partial charge on any atom is 0.264 e. The monoisotopic (exact) mass is 615 g/mol. The van der Waals surface area contributed by atoms with Gasteiger partial charge in [0.2, 0.25) is 11.8 Å². The first-order valence-corrected chi connectivity index (χ1v) is 16.0. The predicted molar refractivity (Wildman–Crippen MR) is 171 cm³/mol. The van der Waals surface area contributed by atoms with E-state index >= 15 is 0 Å². The van der Waals surface area contributed by atoms with E-state index in [0.29, 0.717) is 6.54 Å². The van der Waals surface area contributed by atoms with Crippen molar-refractivity contribution in [3.8, 4) is 0 Å². The Morgan fingerprint density at radius 1 is 0.818 bits per heavy atom. The number of nitrogens with zero attached hydrogens (tertiary/aromatic N) is 2. The van der Waals surface area contributed by atoms with E-state index in [-0.39, 0.29) is 35.4 Å². The molecule has 44 heavy (non-hydrogen) atoms. The zero-order valence-electron chi connectivity index (χ0n) is 25.2. The molecule has 1 unspecified atom stereocenters. The van der Waals surface area contributed by atoms with Gasteiger partial charge in [-0.05, 0) is 65.9 Å². The third-order valence-electron chi connectivity index (χ3n) is 7.28. The molecule has 0 radical (unpaired) electrons. The molecule has 4 rings (SSSR count). The highest BCUT2D eigenvalue weighted by Crippen LogP contribution is 2.25. The second-order valence-electron chi connectivity index (χ2n) is 11.1. The molecule has 1 atom stereocenters. The average molecular weight is 616 g/mol. The molecule has 9 heteroatoms. The fourth-order valence-electron chi connectivity index (χ4n) is 4.80. The molecule has 0 spiro atoms. The largest absolute Gasteiger partial charge is 0.354 e. The lowest BCUT2D eigenvalue weighted by molar-refractivity contribution is -0.140. The van der Waals surface area contributed by atoms with Crippen molar-refractivity contribution in [3.05, 3.63) is 132 Å². The van der Waals surface area contributed by atoms with E-state index in [0.717, 1.165) is 33.1 Å². The van der Waals surface area contributed by atoms with Crippen LogP contribution in [-0.2, 0) is 32.6 Å². The SMILES string of the molecule is Cc1ccccc1CN(C(=O)CN(c1ccc(F)cc1)S(=O)(=O)c1ccccc1)C(Cc1ccccc1)C(=O)NCC(C)C. The quantitative estimate of drug-likeness (QED) is 0.208. The summed E-state index contributed by atoms with van der Waals surface area (Å²) in [4.78, 5) is 29.7. The Morgan fingerprint density at radius 3 is 2.02 bits per heavy atom. The second kappa shape index (κ2) is 14.8. The first-order valence-electron chi connectivity index (χ1n) is 14.5. The molecule has 0 aliphatic carbocycles. The molecule has 1 N–H and O–H groups in total. The third-order valence-corrected chi connectivity index (χ3v) is 9.07. The Bertz CT molecular complexity index is 1650. The molecule has 0 aromatic heterocycles. The highest BCUT2D eigenvalue weighted by atomic mass is 32.2. The minimum atomic E-state index is -4.24. The number of carbonyl (C=O) groups is 2. The molecular formula is C35H38FN3O4S. The Kier molecular flexibility index (Phi) is 10.9. The lowest BCUT2D eigenvalue weighted by Gasteiger charge is -2.34. The van der Waals surface area contributed by atoms with Gasteiger partial charge in [-0.15, -0.1) is 0 Å². The number of amides is 2. The number of carbonyl (C=O) groups excluding carboxylic acids is 2. The van der Waals surface area contributed by atoms with Crippen LogP contribution in [0.2, 0.25) is 0 Å². The van der Waals surface area contributed by atoms with Crippen molar-refractivity contribution in [1.29, 1.82) is 0 Å². The van der Waals surface area contributed by atoms with Gasteiger partial charge in [-0.1, -0.05) is 86.6 Å². The van der Waals surface area contributed by atoms with Crippen LogP contribution in [-0.4, -0.2) is 44.3 Å². The first kappa shape index (κ1) is 32.4. The summed E-state index contributed by atoms with van der Waals surface area (Å²) < 4.78 is 42.7. The highest BCUT2D eigenvalue weighted by Gasteiger charge is 2.34. The zero-order valence-corrected chi connectivity index (χ0v) is 26.0. The van der Waals surface area contributed by atoms with Gasteiger partial charge >= 0.3 is 0 Å². The van der Waals surface area contributed by atoms with Crippen molar-refractivity contribution in [2.45, 2.75) is 44.7 Å². The van der Waals surface area contributed by atoms with E-state index in [1.807, 2.05) is 75.4 Å².